The van der Waals surface area contributed by atoms with Gasteiger partial charge >= 0.3 is 0 Å². The maximum atomic E-state index is 4.97. The molecule has 0 spiro atoms. The van der Waals surface area contributed by atoms with E-state index in [0.29, 0.717) is 10.7 Å². The third-order valence-electron chi connectivity index (χ3n) is 2.43. The van der Waals surface area contributed by atoms with E-state index < -0.39 is 0 Å². The van der Waals surface area contributed by atoms with Crippen LogP contribution < -0.4 is 0 Å². The van der Waals surface area contributed by atoms with Gasteiger partial charge in [-0.15, -0.1) is 0 Å². The topological polar surface area (TPSA) is 46.5 Å². The Morgan fingerprint density at radius 1 is 1.75 bits per heavy atom. The molecule has 1 aromatic rings. The molecular weight excluding hydrogens is 172 g/mol. The Balaban J connectivity index is 2.02. The van der Waals surface area contributed by atoms with Crippen molar-refractivity contribution in [3.8, 4) is 0 Å². The molecule has 1 fully saturated rings. The molecule has 0 aromatic carbocycles. The predicted octanol–water partition coefficient (Wildman–Crippen LogP) is 1.38. The summed E-state index contributed by atoms with van der Waals surface area (Å²) in [4.78, 5) is 0. The Morgan fingerprint density at radius 2 is 2.50 bits per heavy atom. The van der Waals surface area contributed by atoms with Crippen LogP contribution in [0.1, 0.15) is 19.8 Å². The molecule has 0 radical (unpaired) electrons. The lowest BCUT2D eigenvalue weighted by atomic mass is 10.1. The number of H-pyrrole nitrogens is 1. The van der Waals surface area contributed by atoms with Crippen LogP contribution in [0.15, 0.2) is 0 Å². The molecule has 1 unspecified atom stereocenters. The fourth-order valence-corrected chi connectivity index (χ4v) is 1.59. The molecule has 0 bridgehead atoms. The monoisotopic (exact) mass is 184 g/mol. The zero-order chi connectivity index (χ0) is 8.55. The molecule has 1 aromatic heterocycles. The van der Waals surface area contributed by atoms with Crippen molar-refractivity contribution in [3.05, 3.63) is 4.77 Å². The second kappa shape index (κ2) is 2.97. The second-order valence-electron chi connectivity index (χ2n) is 3.51. The number of tetrazole rings is 1. The molecule has 1 aliphatic carbocycles. The number of rotatable bonds is 3. The van der Waals surface area contributed by atoms with E-state index in [9.17, 15) is 0 Å². The van der Waals surface area contributed by atoms with Crippen LogP contribution in [0.5, 0.6) is 0 Å². The lowest BCUT2D eigenvalue weighted by Gasteiger charge is -2.08. The fraction of sp³-hybridized carbons (Fsp3) is 0.857. The zero-order valence-corrected chi connectivity index (χ0v) is 7.84. The van der Waals surface area contributed by atoms with Crippen molar-refractivity contribution < 1.29 is 0 Å². The highest BCUT2D eigenvalue weighted by Crippen LogP contribution is 2.37. The number of aromatic amines is 1. The minimum absolute atomic E-state index is 0.558. The molecule has 1 saturated carbocycles. The third kappa shape index (κ3) is 1.55. The van der Waals surface area contributed by atoms with Gasteiger partial charge < -0.3 is 0 Å². The first kappa shape index (κ1) is 7.91. The molecule has 0 amide bonds. The summed E-state index contributed by atoms with van der Waals surface area (Å²) < 4.78 is 2.39. The van der Waals surface area contributed by atoms with Crippen LogP contribution in [-0.4, -0.2) is 20.2 Å². The van der Waals surface area contributed by atoms with Crippen LogP contribution in [0.25, 0.3) is 0 Å². The van der Waals surface area contributed by atoms with Gasteiger partial charge in [-0.05, 0) is 36.9 Å². The van der Waals surface area contributed by atoms with Crippen molar-refractivity contribution >= 4 is 12.2 Å². The van der Waals surface area contributed by atoms with E-state index in [4.69, 9.17) is 12.2 Å². The Kier molecular flexibility index (Phi) is 1.96. The van der Waals surface area contributed by atoms with Crippen LogP contribution in [0.4, 0.5) is 0 Å². The standard InChI is InChI=1S/C7H12N4S/c1-5(6-2-3-6)4-11-7(12)8-9-10-11/h5-6H,2-4H2,1H3,(H,8,10,12). The molecule has 0 saturated heterocycles. The summed E-state index contributed by atoms with van der Waals surface area (Å²) >= 11 is 4.97. The van der Waals surface area contributed by atoms with Gasteiger partial charge in [0.1, 0.15) is 0 Å². The van der Waals surface area contributed by atoms with Gasteiger partial charge in [0.2, 0.25) is 4.77 Å². The summed E-state index contributed by atoms with van der Waals surface area (Å²) in [5, 5.41) is 10.1. The second-order valence-corrected chi connectivity index (χ2v) is 3.87. The molecule has 0 aliphatic heterocycles. The van der Waals surface area contributed by atoms with Crippen molar-refractivity contribution in [2.24, 2.45) is 11.8 Å². The molecule has 1 aliphatic rings. The van der Waals surface area contributed by atoms with E-state index in [1.165, 1.54) is 12.8 Å². The maximum Gasteiger partial charge on any atom is 0.238 e. The molecule has 4 nitrogen and oxygen atoms in total. The van der Waals surface area contributed by atoms with Gasteiger partial charge in [-0.25, -0.2) is 4.68 Å². The quantitative estimate of drug-likeness (QED) is 0.722. The minimum atomic E-state index is 0.558. The maximum absolute atomic E-state index is 4.97. The SMILES string of the molecule is CC(Cn1[nH]nnc1=S)C1CC1. The van der Waals surface area contributed by atoms with E-state index in [0.717, 1.165) is 12.5 Å². The predicted molar refractivity (Wildman–Crippen MR) is 47.1 cm³/mol. The van der Waals surface area contributed by atoms with Crippen molar-refractivity contribution in [3.63, 3.8) is 0 Å². The van der Waals surface area contributed by atoms with Gasteiger partial charge in [0, 0.05) is 6.54 Å². The van der Waals surface area contributed by atoms with Gasteiger partial charge in [-0.1, -0.05) is 17.2 Å². The fourth-order valence-electron chi connectivity index (χ4n) is 1.44. The first-order valence-electron chi connectivity index (χ1n) is 4.25. The van der Waals surface area contributed by atoms with E-state index >= 15 is 0 Å². The highest BCUT2D eigenvalue weighted by molar-refractivity contribution is 7.71. The summed E-state index contributed by atoms with van der Waals surface area (Å²) in [6.07, 6.45) is 2.74. The zero-order valence-electron chi connectivity index (χ0n) is 7.03. The van der Waals surface area contributed by atoms with Crippen LogP contribution >= 0.6 is 12.2 Å². The summed E-state index contributed by atoms with van der Waals surface area (Å²) in [6.45, 7) is 3.18. The third-order valence-corrected chi connectivity index (χ3v) is 2.73. The van der Waals surface area contributed by atoms with Crippen molar-refractivity contribution in [1.82, 2.24) is 20.2 Å². The van der Waals surface area contributed by atoms with Crippen molar-refractivity contribution in [1.29, 1.82) is 0 Å². The van der Waals surface area contributed by atoms with Crippen LogP contribution in [0.2, 0.25) is 0 Å². The van der Waals surface area contributed by atoms with Crippen LogP contribution in [0, 0.1) is 16.6 Å². The molecule has 12 heavy (non-hydrogen) atoms. The summed E-state index contributed by atoms with van der Waals surface area (Å²) in [5.41, 5.74) is 0. The first-order chi connectivity index (χ1) is 5.77. The Bertz CT molecular complexity index is 311. The average molecular weight is 184 g/mol. The van der Waals surface area contributed by atoms with Gasteiger partial charge in [0.15, 0.2) is 0 Å². The highest BCUT2D eigenvalue weighted by Gasteiger charge is 2.28. The molecule has 2 rings (SSSR count). The molecule has 1 N–H and O–H groups in total. The van der Waals surface area contributed by atoms with Gasteiger partial charge in [0.25, 0.3) is 0 Å². The number of nitrogens with zero attached hydrogens (tertiary/aromatic N) is 3. The number of aromatic nitrogens is 4. The van der Waals surface area contributed by atoms with Gasteiger partial charge in [-0.3, -0.25) is 0 Å². The van der Waals surface area contributed by atoms with Crippen molar-refractivity contribution in [2.45, 2.75) is 26.3 Å². The molecular formula is C7H12N4S. The van der Waals surface area contributed by atoms with Crippen LogP contribution in [0.3, 0.4) is 0 Å². The Hall–Kier alpha value is -0.710. The van der Waals surface area contributed by atoms with E-state index in [1.807, 2.05) is 4.68 Å². The molecule has 5 heteroatoms. The Labute approximate surface area is 76.0 Å². The summed E-state index contributed by atoms with van der Waals surface area (Å²) in [6, 6.07) is 0. The molecule has 1 heterocycles. The lowest BCUT2D eigenvalue weighted by Crippen LogP contribution is -2.10. The number of hydrogen-bond acceptors (Lipinski definition) is 3. The smallest absolute Gasteiger partial charge is 0.238 e. The van der Waals surface area contributed by atoms with Crippen LogP contribution in [-0.2, 0) is 6.54 Å². The number of nitrogens with one attached hydrogen (secondary N) is 1. The lowest BCUT2D eigenvalue weighted by molar-refractivity contribution is 0.397. The van der Waals surface area contributed by atoms with Gasteiger partial charge in [-0.2, -0.15) is 5.21 Å². The van der Waals surface area contributed by atoms with E-state index in [1.54, 1.807) is 0 Å². The van der Waals surface area contributed by atoms with E-state index in [2.05, 4.69) is 22.4 Å². The highest BCUT2D eigenvalue weighted by atomic mass is 32.1. The molecule has 66 valence electrons. The summed E-state index contributed by atoms with van der Waals surface area (Å²) in [5.74, 6) is 1.59. The normalized spacial score (nSPS) is 19.4. The largest absolute Gasteiger partial charge is 0.242 e. The molecule has 1 atom stereocenters. The van der Waals surface area contributed by atoms with E-state index in [-0.39, 0.29) is 0 Å². The summed E-state index contributed by atoms with van der Waals surface area (Å²) in [7, 11) is 0. The first-order valence-corrected chi connectivity index (χ1v) is 4.66. The minimum Gasteiger partial charge on any atom is -0.242 e. The van der Waals surface area contributed by atoms with Crippen molar-refractivity contribution in [2.75, 3.05) is 0 Å². The number of hydrogen-bond donors (Lipinski definition) is 1. The Morgan fingerprint density at radius 3 is 3.00 bits per heavy atom. The average Bonchev–Trinajstić information content (AvgIpc) is 2.80. The van der Waals surface area contributed by atoms with Gasteiger partial charge in [0.05, 0.1) is 0 Å².